The molecule has 2 aliphatic heterocycles. The zero-order valence-electron chi connectivity index (χ0n) is 17.8. The number of aromatic nitrogens is 1. The van der Waals surface area contributed by atoms with Crippen LogP contribution >= 0.6 is 0 Å². The molecular weight excluding hydrogens is 404 g/mol. The average Bonchev–Trinajstić information content (AvgIpc) is 3.10. The third-order valence-corrected chi connectivity index (χ3v) is 5.94. The van der Waals surface area contributed by atoms with E-state index >= 15 is 0 Å². The molecule has 1 aromatic heterocycles. The number of aromatic amines is 1. The molecule has 0 saturated carbocycles. The van der Waals surface area contributed by atoms with Crippen LogP contribution in [0.15, 0.2) is 58.4 Å². The number of ether oxygens (including phenoxy) is 1. The summed E-state index contributed by atoms with van der Waals surface area (Å²) in [5.74, 6) is 0. The average molecular weight is 428 g/mol. The number of hydrogen-bond donors (Lipinski definition) is 2. The van der Waals surface area contributed by atoms with Crippen LogP contribution < -0.4 is 15.9 Å². The van der Waals surface area contributed by atoms with Crippen LogP contribution in [0.1, 0.15) is 18.9 Å². The van der Waals surface area contributed by atoms with Crippen molar-refractivity contribution in [2.24, 2.45) is 5.10 Å². The second-order valence-electron chi connectivity index (χ2n) is 8.05. The van der Waals surface area contributed by atoms with Gasteiger partial charge in [-0.25, -0.2) is 0 Å². The van der Waals surface area contributed by atoms with Gasteiger partial charge in [0, 0.05) is 48.3 Å². The van der Waals surface area contributed by atoms with Crippen molar-refractivity contribution in [1.82, 2.24) is 15.3 Å². The molecule has 8 heteroatoms. The Labute approximate surface area is 185 Å². The number of rotatable bonds is 2. The molecule has 0 radical (unpaired) electrons. The number of hydrazone groups is 1. The Morgan fingerprint density at radius 3 is 2.59 bits per heavy atom. The van der Waals surface area contributed by atoms with E-state index < -0.39 is 0 Å². The van der Waals surface area contributed by atoms with Crippen molar-refractivity contribution >= 4 is 22.5 Å². The van der Waals surface area contributed by atoms with Crippen molar-refractivity contribution in [3.63, 3.8) is 0 Å². The number of nitrogens with zero attached hydrogens (tertiary/aromatic N) is 4. The molecule has 1 unspecified atom stereocenters. The normalized spacial score (nSPS) is 18.5. The van der Waals surface area contributed by atoms with Gasteiger partial charge in [0.2, 0.25) is 0 Å². The lowest BCUT2D eigenvalue weighted by atomic mass is 10.0. The summed E-state index contributed by atoms with van der Waals surface area (Å²) in [6, 6.07) is 18.1. The Bertz CT molecular complexity index is 1270. The van der Waals surface area contributed by atoms with Crippen LogP contribution in [-0.4, -0.2) is 48.3 Å². The monoisotopic (exact) mass is 428 g/mol. The van der Waals surface area contributed by atoms with Gasteiger partial charge >= 0.3 is 6.02 Å². The maximum atomic E-state index is 12.6. The van der Waals surface area contributed by atoms with Gasteiger partial charge in [0.25, 0.3) is 5.56 Å². The molecule has 2 aliphatic rings. The molecule has 8 nitrogen and oxygen atoms in total. The highest BCUT2D eigenvalue weighted by Gasteiger charge is 2.24. The zero-order valence-corrected chi connectivity index (χ0v) is 17.8. The molecule has 0 spiro atoms. The molecule has 2 aromatic carbocycles. The van der Waals surface area contributed by atoms with E-state index in [0.717, 1.165) is 43.9 Å². The SMILES string of the molecule is CC1NN=C(N2CCCN(c3ccc(-c4cc5c(C#N)cccc5c(=O)[nH]4)cc3)CC2)O1. The summed E-state index contributed by atoms with van der Waals surface area (Å²) >= 11 is 0. The molecule has 0 bridgehead atoms. The molecule has 32 heavy (non-hydrogen) atoms. The van der Waals surface area contributed by atoms with Gasteiger partial charge in [0.1, 0.15) is 0 Å². The first kappa shape index (κ1) is 19.9. The Morgan fingerprint density at radius 1 is 1.06 bits per heavy atom. The first-order valence-electron chi connectivity index (χ1n) is 10.8. The predicted octanol–water partition coefficient (Wildman–Crippen LogP) is 2.82. The minimum Gasteiger partial charge on any atom is -0.439 e. The van der Waals surface area contributed by atoms with E-state index in [4.69, 9.17) is 4.74 Å². The standard InChI is InChI=1S/C24H24N6O2/c1-16-27-28-24(32-16)30-11-3-10-29(12-13-30)19-8-6-17(7-9-19)22-14-21-18(15-25)4-2-5-20(21)23(31)26-22/h2,4-9,14,16,27H,3,10-13H2,1H3,(H,26,31). The van der Waals surface area contributed by atoms with Crippen molar-refractivity contribution in [1.29, 1.82) is 5.26 Å². The minimum atomic E-state index is -0.188. The second kappa shape index (κ2) is 8.27. The lowest BCUT2D eigenvalue weighted by Crippen LogP contribution is -2.36. The maximum absolute atomic E-state index is 12.6. The summed E-state index contributed by atoms with van der Waals surface area (Å²) in [4.78, 5) is 20.0. The minimum absolute atomic E-state index is 0.0808. The van der Waals surface area contributed by atoms with Crippen LogP contribution in [0.2, 0.25) is 0 Å². The van der Waals surface area contributed by atoms with Crippen molar-refractivity contribution in [2.75, 3.05) is 31.1 Å². The van der Waals surface area contributed by atoms with E-state index in [1.54, 1.807) is 18.2 Å². The number of hydrogen-bond acceptors (Lipinski definition) is 7. The summed E-state index contributed by atoms with van der Waals surface area (Å²) in [5, 5.41) is 14.9. The highest BCUT2D eigenvalue weighted by atomic mass is 16.5. The highest BCUT2D eigenvalue weighted by Crippen LogP contribution is 2.25. The van der Waals surface area contributed by atoms with Gasteiger partial charge in [-0.1, -0.05) is 18.2 Å². The van der Waals surface area contributed by atoms with E-state index in [-0.39, 0.29) is 11.8 Å². The molecule has 1 fully saturated rings. The summed E-state index contributed by atoms with van der Waals surface area (Å²) < 4.78 is 5.72. The summed E-state index contributed by atoms with van der Waals surface area (Å²) in [6.45, 7) is 5.50. The van der Waals surface area contributed by atoms with Gasteiger partial charge in [0.05, 0.1) is 11.6 Å². The van der Waals surface area contributed by atoms with Crippen LogP contribution in [0.3, 0.4) is 0 Å². The van der Waals surface area contributed by atoms with Crippen LogP contribution in [0.25, 0.3) is 22.0 Å². The first-order valence-corrected chi connectivity index (χ1v) is 10.8. The number of anilines is 1. The molecule has 3 heterocycles. The molecule has 0 aliphatic carbocycles. The number of pyridine rings is 1. The Balaban J connectivity index is 1.36. The quantitative estimate of drug-likeness (QED) is 0.652. The lowest BCUT2D eigenvalue weighted by Gasteiger charge is -2.24. The number of amidine groups is 1. The van der Waals surface area contributed by atoms with Crippen molar-refractivity contribution in [3.8, 4) is 17.3 Å². The van der Waals surface area contributed by atoms with Gasteiger partial charge in [-0.05, 0) is 49.2 Å². The maximum Gasteiger partial charge on any atom is 0.311 e. The molecule has 0 amide bonds. The molecule has 1 atom stereocenters. The van der Waals surface area contributed by atoms with Gasteiger partial charge in [-0.15, -0.1) is 5.10 Å². The molecule has 1 saturated heterocycles. The van der Waals surface area contributed by atoms with Crippen molar-refractivity contribution in [3.05, 3.63) is 64.4 Å². The van der Waals surface area contributed by atoms with Gasteiger partial charge < -0.3 is 19.5 Å². The van der Waals surface area contributed by atoms with Crippen LogP contribution in [0.5, 0.6) is 0 Å². The van der Waals surface area contributed by atoms with E-state index in [1.807, 2.05) is 25.1 Å². The highest BCUT2D eigenvalue weighted by molar-refractivity contribution is 5.90. The fourth-order valence-corrected chi connectivity index (χ4v) is 4.26. The fraction of sp³-hybridized carbons (Fsp3) is 0.292. The zero-order chi connectivity index (χ0) is 22.1. The smallest absolute Gasteiger partial charge is 0.311 e. The Hall–Kier alpha value is -3.99. The molecule has 5 rings (SSSR count). The summed E-state index contributed by atoms with van der Waals surface area (Å²) in [6.07, 6.45) is 0.927. The topological polar surface area (TPSA) is 96.8 Å². The Morgan fingerprint density at radius 2 is 1.84 bits per heavy atom. The van der Waals surface area contributed by atoms with E-state index in [1.165, 1.54) is 0 Å². The third-order valence-electron chi connectivity index (χ3n) is 5.94. The molecule has 162 valence electrons. The van der Waals surface area contributed by atoms with Crippen molar-refractivity contribution < 1.29 is 4.74 Å². The Kier molecular flexibility index (Phi) is 5.15. The number of H-pyrrole nitrogens is 1. The largest absolute Gasteiger partial charge is 0.439 e. The summed E-state index contributed by atoms with van der Waals surface area (Å²) in [7, 11) is 0. The predicted molar refractivity (Wildman–Crippen MR) is 124 cm³/mol. The third kappa shape index (κ3) is 3.73. The lowest BCUT2D eigenvalue weighted by molar-refractivity contribution is 0.174. The van der Waals surface area contributed by atoms with E-state index in [2.05, 4.69) is 43.5 Å². The van der Waals surface area contributed by atoms with Crippen molar-refractivity contribution in [2.45, 2.75) is 19.6 Å². The van der Waals surface area contributed by atoms with Crippen LogP contribution in [0, 0.1) is 11.3 Å². The molecule has 3 aromatic rings. The van der Waals surface area contributed by atoms with Gasteiger partial charge in [-0.3, -0.25) is 10.2 Å². The van der Waals surface area contributed by atoms with Crippen LogP contribution in [0.4, 0.5) is 5.69 Å². The second-order valence-corrected chi connectivity index (χ2v) is 8.05. The molecular formula is C24H24N6O2. The number of benzene rings is 2. The number of nitriles is 1. The van der Waals surface area contributed by atoms with Gasteiger partial charge in [0.15, 0.2) is 6.23 Å². The van der Waals surface area contributed by atoms with E-state index in [0.29, 0.717) is 28.1 Å². The van der Waals surface area contributed by atoms with Crippen LogP contribution in [-0.2, 0) is 4.74 Å². The molecule has 2 N–H and O–H groups in total. The van der Waals surface area contributed by atoms with E-state index in [9.17, 15) is 10.1 Å². The fourth-order valence-electron chi connectivity index (χ4n) is 4.26. The summed E-state index contributed by atoms with van der Waals surface area (Å²) in [5.41, 5.74) is 6.00. The first-order chi connectivity index (χ1) is 15.6. The number of nitrogens with one attached hydrogen (secondary N) is 2. The number of fused-ring (bicyclic) bond motifs is 1. The van der Waals surface area contributed by atoms with Gasteiger partial charge in [-0.2, -0.15) is 5.26 Å².